The number of hydrogen-bond acceptors (Lipinski definition) is 3. The molecule has 0 amide bonds. The fourth-order valence-corrected chi connectivity index (χ4v) is 4.97. The van der Waals surface area contributed by atoms with Gasteiger partial charge in [0.2, 0.25) is 0 Å². The predicted molar refractivity (Wildman–Crippen MR) is 59.3 cm³/mol. The fourth-order valence-electron chi connectivity index (χ4n) is 3.08. The molecule has 1 heterocycles. The van der Waals surface area contributed by atoms with Crippen molar-refractivity contribution >= 4 is 9.84 Å². The van der Waals surface area contributed by atoms with E-state index in [1.165, 1.54) is 0 Å². The summed E-state index contributed by atoms with van der Waals surface area (Å²) >= 11 is 0. The summed E-state index contributed by atoms with van der Waals surface area (Å²) in [5.41, 5.74) is 0. The van der Waals surface area contributed by atoms with Crippen molar-refractivity contribution < 1.29 is 13.5 Å². The second-order valence-corrected chi connectivity index (χ2v) is 7.54. The Morgan fingerprint density at radius 1 is 1.20 bits per heavy atom. The Bertz CT molecular complexity index is 323. The van der Waals surface area contributed by atoms with Gasteiger partial charge in [-0.25, -0.2) is 8.42 Å². The van der Waals surface area contributed by atoms with Gasteiger partial charge in [-0.1, -0.05) is 6.92 Å². The van der Waals surface area contributed by atoms with Crippen molar-refractivity contribution in [1.29, 1.82) is 0 Å². The van der Waals surface area contributed by atoms with Crippen LogP contribution in [0.15, 0.2) is 0 Å². The summed E-state index contributed by atoms with van der Waals surface area (Å²) in [6.07, 6.45) is 3.43. The molecule has 15 heavy (non-hydrogen) atoms. The van der Waals surface area contributed by atoms with Crippen molar-refractivity contribution in [2.75, 3.05) is 11.5 Å². The van der Waals surface area contributed by atoms with Crippen molar-refractivity contribution in [1.82, 2.24) is 0 Å². The molecule has 4 atom stereocenters. The standard InChI is InChI=1S/C11H20O3S/c1-8-2-3-11(12)10(6-8)9-4-5-15(13,14)7-9/h8-12H,2-7H2,1H3. The molecule has 0 bridgehead atoms. The summed E-state index contributed by atoms with van der Waals surface area (Å²) < 4.78 is 22.8. The van der Waals surface area contributed by atoms with Crippen LogP contribution in [-0.2, 0) is 9.84 Å². The zero-order valence-electron chi connectivity index (χ0n) is 9.22. The molecular formula is C11H20O3S. The Balaban J connectivity index is 2.03. The summed E-state index contributed by atoms with van der Waals surface area (Å²) in [4.78, 5) is 0. The molecule has 0 radical (unpaired) electrons. The van der Waals surface area contributed by atoms with Crippen LogP contribution in [-0.4, -0.2) is 31.1 Å². The van der Waals surface area contributed by atoms with Crippen LogP contribution in [0.3, 0.4) is 0 Å². The Labute approximate surface area is 91.8 Å². The van der Waals surface area contributed by atoms with E-state index in [9.17, 15) is 13.5 Å². The summed E-state index contributed by atoms with van der Waals surface area (Å²) in [7, 11) is -2.80. The summed E-state index contributed by atoms with van der Waals surface area (Å²) in [6, 6.07) is 0. The van der Waals surface area contributed by atoms with Crippen LogP contribution in [0, 0.1) is 17.8 Å². The van der Waals surface area contributed by atoms with Crippen LogP contribution in [0.2, 0.25) is 0 Å². The van der Waals surface area contributed by atoms with E-state index < -0.39 is 9.84 Å². The lowest BCUT2D eigenvalue weighted by atomic mass is 9.74. The number of sulfone groups is 1. The van der Waals surface area contributed by atoms with Gasteiger partial charge in [-0.05, 0) is 43.4 Å². The highest BCUT2D eigenvalue weighted by Crippen LogP contribution is 2.38. The maximum atomic E-state index is 11.4. The Hall–Kier alpha value is -0.0900. The lowest BCUT2D eigenvalue weighted by molar-refractivity contribution is 0.0257. The molecule has 0 spiro atoms. The molecule has 4 heteroatoms. The average molecular weight is 232 g/mol. The highest BCUT2D eigenvalue weighted by atomic mass is 32.2. The first-order valence-electron chi connectivity index (χ1n) is 5.86. The third-order valence-corrected chi connectivity index (χ3v) is 5.79. The van der Waals surface area contributed by atoms with E-state index >= 15 is 0 Å². The predicted octanol–water partition coefficient (Wildman–Crippen LogP) is 1.22. The molecule has 3 nitrogen and oxygen atoms in total. The van der Waals surface area contributed by atoms with E-state index in [-0.39, 0.29) is 17.9 Å². The highest BCUT2D eigenvalue weighted by molar-refractivity contribution is 7.91. The van der Waals surface area contributed by atoms with Crippen LogP contribution in [0.1, 0.15) is 32.6 Å². The maximum absolute atomic E-state index is 11.4. The van der Waals surface area contributed by atoms with Gasteiger partial charge in [0.25, 0.3) is 0 Å². The van der Waals surface area contributed by atoms with E-state index in [4.69, 9.17) is 0 Å². The molecule has 1 aliphatic heterocycles. The highest BCUT2D eigenvalue weighted by Gasteiger charge is 2.39. The van der Waals surface area contributed by atoms with Crippen molar-refractivity contribution in [3.63, 3.8) is 0 Å². The van der Waals surface area contributed by atoms with E-state index in [1.807, 2.05) is 0 Å². The molecule has 0 aromatic rings. The second-order valence-electron chi connectivity index (χ2n) is 5.31. The molecule has 0 aromatic carbocycles. The molecule has 88 valence electrons. The number of hydrogen-bond donors (Lipinski definition) is 1. The first kappa shape index (κ1) is 11.4. The van der Waals surface area contributed by atoms with Crippen LogP contribution in [0.25, 0.3) is 0 Å². The number of rotatable bonds is 1. The fraction of sp³-hybridized carbons (Fsp3) is 1.00. The van der Waals surface area contributed by atoms with E-state index in [1.54, 1.807) is 0 Å². The quantitative estimate of drug-likeness (QED) is 0.739. The Morgan fingerprint density at radius 3 is 2.53 bits per heavy atom. The van der Waals surface area contributed by atoms with Crippen molar-refractivity contribution in [3.8, 4) is 0 Å². The third kappa shape index (κ3) is 2.53. The van der Waals surface area contributed by atoms with Gasteiger partial charge in [0.1, 0.15) is 0 Å². The maximum Gasteiger partial charge on any atom is 0.150 e. The van der Waals surface area contributed by atoms with Crippen LogP contribution < -0.4 is 0 Å². The third-order valence-electron chi connectivity index (χ3n) is 4.00. The smallest absolute Gasteiger partial charge is 0.150 e. The Morgan fingerprint density at radius 2 is 1.93 bits per heavy atom. The minimum atomic E-state index is -2.80. The van der Waals surface area contributed by atoms with Gasteiger partial charge in [-0.15, -0.1) is 0 Å². The van der Waals surface area contributed by atoms with Crippen LogP contribution in [0.4, 0.5) is 0 Å². The molecule has 1 saturated carbocycles. The van der Waals surface area contributed by atoms with Gasteiger partial charge in [0, 0.05) is 0 Å². The van der Waals surface area contributed by atoms with Gasteiger partial charge in [0.05, 0.1) is 17.6 Å². The molecule has 1 aliphatic carbocycles. The van der Waals surface area contributed by atoms with Crippen molar-refractivity contribution in [2.45, 2.75) is 38.7 Å². The van der Waals surface area contributed by atoms with E-state index in [0.29, 0.717) is 17.4 Å². The summed E-state index contributed by atoms with van der Waals surface area (Å²) in [6.45, 7) is 2.20. The molecule has 1 saturated heterocycles. The molecule has 2 aliphatic rings. The van der Waals surface area contributed by atoms with E-state index in [2.05, 4.69) is 6.92 Å². The molecular weight excluding hydrogens is 212 g/mol. The van der Waals surface area contributed by atoms with Gasteiger partial charge < -0.3 is 5.11 Å². The van der Waals surface area contributed by atoms with Gasteiger partial charge in [-0.2, -0.15) is 0 Å². The number of aliphatic hydroxyl groups is 1. The van der Waals surface area contributed by atoms with Crippen molar-refractivity contribution in [2.24, 2.45) is 17.8 Å². The molecule has 2 rings (SSSR count). The minimum absolute atomic E-state index is 0.216. The zero-order chi connectivity index (χ0) is 11.1. The Kier molecular flexibility index (Phi) is 3.08. The largest absolute Gasteiger partial charge is 0.393 e. The van der Waals surface area contributed by atoms with Gasteiger partial charge >= 0.3 is 0 Å². The van der Waals surface area contributed by atoms with Gasteiger partial charge in [0.15, 0.2) is 9.84 Å². The normalized spacial score (nSPS) is 45.5. The van der Waals surface area contributed by atoms with Crippen LogP contribution >= 0.6 is 0 Å². The second kappa shape index (κ2) is 4.06. The molecule has 4 unspecified atom stereocenters. The zero-order valence-corrected chi connectivity index (χ0v) is 10.0. The lowest BCUT2D eigenvalue weighted by Gasteiger charge is -2.35. The lowest BCUT2D eigenvalue weighted by Crippen LogP contribution is -2.34. The summed E-state index contributed by atoms with van der Waals surface area (Å²) in [5.74, 6) is 1.72. The van der Waals surface area contributed by atoms with Crippen LogP contribution in [0.5, 0.6) is 0 Å². The topological polar surface area (TPSA) is 54.4 Å². The molecule has 0 aromatic heterocycles. The summed E-state index contributed by atoms with van der Waals surface area (Å²) in [5, 5.41) is 9.92. The first-order valence-corrected chi connectivity index (χ1v) is 7.68. The molecule has 1 N–H and O–H groups in total. The number of aliphatic hydroxyl groups excluding tert-OH is 1. The van der Waals surface area contributed by atoms with Crippen molar-refractivity contribution in [3.05, 3.63) is 0 Å². The molecule has 2 fully saturated rings. The minimum Gasteiger partial charge on any atom is -0.393 e. The van der Waals surface area contributed by atoms with E-state index in [0.717, 1.165) is 25.7 Å². The van der Waals surface area contributed by atoms with Gasteiger partial charge in [-0.3, -0.25) is 0 Å². The SMILES string of the molecule is CC1CCC(O)C(C2CCS(=O)(=O)C2)C1. The monoisotopic (exact) mass is 232 g/mol. The first-order chi connectivity index (χ1) is 6.98. The average Bonchev–Trinajstić information content (AvgIpc) is 2.50.